The Kier molecular flexibility index (Phi) is 4.04. The Balaban J connectivity index is 2.10. The molecule has 0 spiro atoms. The fourth-order valence-electron chi connectivity index (χ4n) is 2.23. The van der Waals surface area contributed by atoms with Gasteiger partial charge in [0.1, 0.15) is 11.5 Å². The molecular formula is C17H14ClN3O2. The van der Waals surface area contributed by atoms with Gasteiger partial charge in [0.2, 0.25) is 5.95 Å². The minimum atomic E-state index is 0.0770. The number of halogens is 1. The van der Waals surface area contributed by atoms with Crippen molar-refractivity contribution < 1.29 is 9.84 Å². The maximum atomic E-state index is 10.0. The average molecular weight is 328 g/mol. The van der Waals surface area contributed by atoms with E-state index in [1.807, 2.05) is 24.3 Å². The first-order chi connectivity index (χ1) is 11.1. The van der Waals surface area contributed by atoms with Gasteiger partial charge in [-0.25, -0.2) is 9.97 Å². The number of nitrogens with zero attached hydrogens (tertiary/aromatic N) is 2. The molecule has 6 heteroatoms. The van der Waals surface area contributed by atoms with Crippen LogP contribution in [0, 0.1) is 0 Å². The highest BCUT2D eigenvalue weighted by Gasteiger charge is 2.11. The van der Waals surface area contributed by atoms with Crippen LogP contribution in [0.25, 0.3) is 22.5 Å². The zero-order valence-corrected chi connectivity index (χ0v) is 13.1. The Morgan fingerprint density at radius 3 is 2.39 bits per heavy atom. The molecule has 0 radical (unpaired) electrons. The summed E-state index contributed by atoms with van der Waals surface area (Å²) >= 11 is 6.00. The third-order valence-corrected chi connectivity index (χ3v) is 3.60. The lowest BCUT2D eigenvalue weighted by Crippen LogP contribution is -1.99. The van der Waals surface area contributed by atoms with E-state index < -0.39 is 0 Å². The number of nitrogens with two attached hydrogens (primary N) is 1. The summed E-state index contributed by atoms with van der Waals surface area (Å²) in [5, 5.41) is 10.5. The number of ether oxygens (including phenoxy) is 1. The Morgan fingerprint density at radius 2 is 1.70 bits per heavy atom. The van der Waals surface area contributed by atoms with E-state index in [-0.39, 0.29) is 11.7 Å². The number of methoxy groups -OCH3 is 1. The molecule has 5 nitrogen and oxygen atoms in total. The van der Waals surface area contributed by atoms with Gasteiger partial charge < -0.3 is 15.6 Å². The van der Waals surface area contributed by atoms with Crippen LogP contribution in [0.3, 0.4) is 0 Å². The smallest absolute Gasteiger partial charge is 0.221 e. The number of nitrogen functional groups attached to an aromatic ring is 1. The molecule has 2 aromatic carbocycles. The third-order valence-electron chi connectivity index (χ3n) is 3.36. The van der Waals surface area contributed by atoms with Gasteiger partial charge in [0.15, 0.2) is 0 Å². The predicted molar refractivity (Wildman–Crippen MR) is 90.5 cm³/mol. The maximum absolute atomic E-state index is 10.0. The van der Waals surface area contributed by atoms with E-state index in [1.54, 1.807) is 25.3 Å². The summed E-state index contributed by atoms with van der Waals surface area (Å²) in [7, 11) is 1.61. The number of aromatic nitrogens is 2. The zero-order chi connectivity index (χ0) is 16.4. The number of hydrogen-bond donors (Lipinski definition) is 2. The molecule has 0 aliphatic heterocycles. The first kappa shape index (κ1) is 15.1. The molecule has 0 fully saturated rings. The van der Waals surface area contributed by atoms with Crippen molar-refractivity contribution in [2.24, 2.45) is 0 Å². The van der Waals surface area contributed by atoms with Crippen molar-refractivity contribution in [1.29, 1.82) is 0 Å². The number of aromatic hydroxyl groups is 1. The van der Waals surface area contributed by atoms with Crippen LogP contribution >= 0.6 is 11.6 Å². The van der Waals surface area contributed by atoms with Gasteiger partial charge in [-0.1, -0.05) is 11.6 Å². The standard InChI is InChI=1S/C17H14ClN3O2/c1-23-12-5-2-10(3-6-12)14-9-15(21-17(19)20-14)13-8-11(18)4-7-16(13)22/h2-9,22H,1H3,(H2,19,20,21). The van der Waals surface area contributed by atoms with Gasteiger partial charge in [-0.15, -0.1) is 0 Å². The predicted octanol–water partition coefficient (Wildman–Crippen LogP) is 3.76. The van der Waals surface area contributed by atoms with Crippen molar-refractivity contribution in [1.82, 2.24) is 9.97 Å². The Bertz CT molecular complexity index is 851. The molecule has 0 atom stereocenters. The SMILES string of the molecule is COc1ccc(-c2cc(-c3cc(Cl)ccc3O)nc(N)n2)cc1. The van der Waals surface area contributed by atoms with Gasteiger partial charge in [0.25, 0.3) is 0 Å². The van der Waals surface area contributed by atoms with Crippen molar-refractivity contribution >= 4 is 17.5 Å². The molecule has 0 aliphatic carbocycles. The maximum Gasteiger partial charge on any atom is 0.221 e. The molecule has 0 saturated heterocycles. The first-order valence-electron chi connectivity index (χ1n) is 6.84. The molecule has 3 rings (SSSR count). The summed E-state index contributed by atoms with van der Waals surface area (Å²) in [6, 6.07) is 13.9. The zero-order valence-electron chi connectivity index (χ0n) is 12.3. The molecule has 1 aromatic heterocycles. The van der Waals surface area contributed by atoms with Crippen molar-refractivity contribution in [3.63, 3.8) is 0 Å². The van der Waals surface area contributed by atoms with Gasteiger partial charge in [-0.3, -0.25) is 0 Å². The lowest BCUT2D eigenvalue weighted by molar-refractivity contribution is 0.415. The summed E-state index contributed by atoms with van der Waals surface area (Å²) in [6.45, 7) is 0. The van der Waals surface area contributed by atoms with Crippen LogP contribution in [0.2, 0.25) is 5.02 Å². The summed E-state index contributed by atoms with van der Waals surface area (Å²) in [4.78, 5) is 8.44. The van der Waals surface area contributed by atoms with Crippen LogP contribution in [0.15, 0.2) is 48.5 Å². The second-order valence-corrected chi connectivity index (χ2v) is 5.32. The van der Waals surface area contributed by atoms with E-state index in [4.69, 9.17) is 22.1 Å². The summed E-state index contributed by atoms with van der Waals surface area (Å²) in [5.74, 6) is 0.948. The van der Waals surface area contributed by atoms with E-state index in [9.17, 15) is 5.11 Å². The molecule has 0 amide bonds. The molecule has 3 aromatic rings. The molecule has 3 N–H and O–H groups in total. The second-order valence-electron chi connectivity index (χ2n) is 4.89. The number of benzene rings is 2. The van der Waals surface area contributed by atoms with E-state index in [2.05, 4.69) is 9.97 Å². The van der Waals surface area contributed by atoms with Crippen molar-refractivity contribution in [2.75, 3.05) is 12.8 Å². The number of anilines is 1. The van der Waals surface area contributed by atoms with Gasteiger partial charge >= 0.3 is 0 Å². The molecule has 23 heavy (non-hydrogen) atoms. The highest BCUT2D eigenvalue weighted by atomic mass is 35.5. The molecular weight excluding hydrogens is 314 g/mol. The van der Waals surface area contributed by atoms with E-state index >= 15 is 0 Å². The second kappa shape index (κ2) is 6.14. The van der Waals surface area contributed by atoms with E-state index in [1.165, 1.54) is 6.07 Å². The number of rotatable bonds is 3. The molecule has 116 valence electrons. The van der Waals surface area contributed by atoms with Gasteiger partial charge in [0, 0.05) is 16.1 Å². The third kappa shape index (κ3) is 3.19. The monoisotopic (exact) mass is 327 g/mol. The summed E-state index contributed by atoms with van der Waals surface area (Å²) in [6.07, 6.45) is 0. The average Bonchev–Trinajstić information content (AvgIpc) is 2.56. The van der Waals surface area contributed by atoms with Crippen molar-refractivity contribution in [3.05, 3.63) is 53.6 Å². The molecule has 0 saturated carbocycles. The number of phenolic OH excluding ortho intramolecular Hbond substituents is 1. The summed E-state index contributed by atoms with van der Waals surface area (Å²) in [5.41, 5.74) is 8.33. The fourth-order valence-corrected chi connectivity index (χ4v) is 2.40. The first-order valence-corrected chi connectivity index (χ1v) is 7.22. The quantitative estimate of drug-likeness (QED) is 0.765. The van der Waals surface area contributed by atoms with Crippen LogP contribution in [0.5, 0.6) is 11.5 Å². The minimum absolute atomic E-state index is 0.0770. The van der Waals surface area contributed by atoms with Crippen LogP contribution in [-0.4, -0.2) is 22.2 Å². The molecule has 0 bridgehead atoms. The van der Waals surface area contributed by atoms with Crippen LogP contribution in [0.4, 0.5) is 5.95 Å². The Hall–Kier alpha value is -2.79. The van der Waals surface area contributed by atoms with Crippen LogP contribution in [-0.2, 0) is 0 Å². The molecule has 0 unspecified atom stereocenters. The summed E-state index contributed by atoms with van der Waals surface area (Å²) < 4.78 is 5.15. The highest BCUT2D eigenvalue weighted by molar-refractivity contribution is 6.30. The number of hydrogen-bond acceptors (Lipinski definition) is 5. The Morgan fingerprint density at radius 1 is 1.00 bits per heavy atom. The largest absolute Gasteiger partial charge is 0.507 e. The highest BCUT2D eigenvalue weighted by Crippen LogP contribution is 2.33. The van der Waals surface area contributed by atoms with E-state index in [0.29, 0.717) is 22.0 Å². The van der Waals surface area contributed by atoms with Gasteiger partial charge in [-0.05, 0) is 48.5 Å². The minimum Gasteiger partial charge on any atom is -0.507 e. The lowest BCUT2D eigenvalue weighted by Gasteiger charge is -2.09. The van der Waals surface area contributed by atoms with Crippen molar-refractivity contribution in [2.45, 2.75) is 0 Å². The van der Waals surface area contributed by atoms with E-state index in [0.717, 1.165) is 11.3 Å². The van der Waals surface area contributed by atoms with Crippen LogP contribution in [0.1, 0.15) is 0 Å². The fraction of sp³-hybridized carbons (Fsp3) is 0.0588. The number of phenols is 1. The van der Waals surface area contributed by atoms with Crippen LogP contribution < -0.4 is 10.5 Å². The molecule has 1 heterocycles. The lowest BCUT2D eigenvalue weighted by atomic mass is 10.1. The van der Waals surface area contributed by atoms with Crippen molar-refractivity contribution in [3.8, 4) is 34.0 Å². The van der Waals surface area contributed by atoms with Gasteiger partial charge in [-0.2, -0.15) is 0 Å². The topological polar surface area (TPSA) is 81.3 Å². The molecule has 0 aliphatic rings. The normalized spacial score (nSPS) is 10.5. The van der Waals surface area contributed by atoms with Gasteiger partial charge in [0.05, 0.1) is 18.5 Å². The Labute approximate surface area is 138 Å².